The van der Waals surface area contributed by atoms with Gasteiger partial charge in [-0.3, -0.25) is 9.59 Å². The van der Waals surface area contributed by atoms with Crippen molar-refractivity contribution < 1.29 is 52.3 Å². The Morgan fingerprint density at radius 1 is 0.591 bits per heavy atom. The summed E-state index contributed by atoms with van der Waals surface area (Å²) < 4.78 is 47.4. The molecule has 2 unspecified atom stereocenters. The number of carbonyl (C=O) groups is 3. The number of likely N-dealkylation sites (tertiary alicyclic amines) is 2. The number of nitrogens with two attached hydrogens (primary N) is 1. The number of hydrogen-bond donors (Lipinski definition) is 2. The molecule has 18 nitrogen and oxygen atoms in total. The van der Waals surface area contributed by atoms with Crippen molar-refractivity contribution >= 4 is 35.3 Å². The Kier molecular flexibility index (Phi) is 19.5. The van der Waals surface area contributed by atoms with Crippen molar-refractivity contribution in [3.8, 4) is 57.0 Å². The highest BCUT2D eigenvalue weighted by Gasteiger charge is 2.34. The minimum absolute atomic E-state index is 0.0182. The molecule has 4 fully saturated rings. The molecule has 464 valence electrons. The van der Waals surface area contributed by atoms with Crippen molar-refractivity contribution in [1.82, 2.24) is 24.8 Å². The highest BCUT2D eigenvalue weighted by molar-refractivity contribution is 5.88. The zero-order valence-electron chi connectivity index (χ0n) is 51.9. The number of aromatic nitrogens is 3. The first-order valence-corrected chi connectivity index (χ1v) is 30.6. The fourth-order valence-corrected chi connectivity index (χ4v) is 11.0. The van der Waals surface area contributed by atoms with Crippen LogP contribution in [0.4, 0.5) is 15.4 Å². The molecule has 4 aromatic carbocycles. The lowest BCUT2D eigenvalue weighted by Gasteiger charge is -2.35. The third-order valence-electron chi connectivity index (χ3n) is 15.9. The van der Waals surface area contributed by atoms with Gasteiger partial charge in [0.05, 0.1) is 55.5 Å². The van der Waals surface area contributed by atoms with E-state index in [9.17, 15) is 19.2 Å². The van der Waals surface area contributed by atoms with Crippen LogP contribution in [-0.4, -0.2) is 108 Å². The van der Waals surface area contributed by atoms with E-state index < -0.39 is 11.2 Å². The summed E-state index contributed by atoms with van der Waals surface area (Å²) >= 11 is 0. The van der Waals surface area contributed by atoms with Crippen LogP contribution in [0.1, 0.15) is 137 Å². The molecule has 11 rings (SSSR count). The SMILES string of the molecule is COc1ccc(COc2cccc(OCC3CC3)c2-c2cc(C3CCCN(C(=O)OC(C)(C)C)C3)c(C=O)c(N)n2)cc1.COc1ccc(COc2cccc(OCC3CC3)c2-c2cc(C3CCCN(C(=O)OC(C)(C)C)C3)c3ccc(=O)[nH]c3n2)cc1. The van der Waals surface area contributed by atoms with E-state index in [1.165, 1.54) is 18.9 Å². The zero-order valence-corrected chi connectivity index (χ0v) is 51.9. The van der Waals surface area contributed by atoms with Crippen molar-refractivity contribution in [2.24, 2.45) is 11.8 Å². The standard InChI is InChI=1S/C36H41N3O6.C34H41N3O6/c1-36(2,3)45-35(41)39-18-6-7-25(20-39)28-19-29(37-34-27(28)16-17-32(40)38-34)33-30(43-21-23-10-11-23)8-5-9-31(33)44-22-24-12-14-26(42-4)15-13-24;1-34(2,3)43-33(39)37-16-6-7-24(18-37)26-17-28(36-32(35)27(26)19-38)31-29(41-20-22-10-11-22)8-5-9-30(31)42-21-23-12-14-25(40-4)15-13-23/h5,8-9,12-17,19,23,25H,6-7,10-11,18,20-22H2,1-4H3,(H,37,38,40);5,8-9,12-15,17,19,22,24H,6-7,10-11,16,18,20-21H2,1-4H3,(H2,35,36). The first-order chi connectivity index (χ1) is 42.3. The Labute approximate surface area is 514 Å². The van der Waals surface area contributed by atoms with Gasteiger partial charge in [-0.2, -0.15) is 0 Å². The maximum atomic E-state index is 13.0. The number of nitrogens with one attached hydrogen (secondary N) is 1. The van der Waals surface area contributed by atoms with Crippen molar-refractivity contribution in [3.63, 3.8) is 0 Å². The predicted molar refractivity (Wildman–Crippen MR) is 338 cm³/mol. The van der Waals surface area contributed by atoms with E-state index in [1.54, 1.807) is 24.0 Å². The van der Waals surface area contributed by atoms with E-state index in [-0.39, 0.29) is 35.4 Å². The number of H-pyrrole nitrogens is 1. The van der Waals surface area contributed by atoms with Crippen molar-refractivity contribution in [3.05, 3.63) is 147 Å². The number of amides is 2. The Morgan fingerprint density at radius 2 is 1.03 bits per heavy atom. The Morgan fingerprint density at radius 3 is 1.48 bits per heavy atom. The number of pyridine rings is 3. The second-order valence-corrected chi connectivity index (χ2v) is 25.3. The van der Waals surface area contributed by atoms with Crippen LogP contribution in [0, 0.1) is 11.8 Å². The predicted octanol–water partition coefficient (Wildman–Crippen LogP) is 13.7. The third kappa shape index (κ3) is 16.2. The zero-order chi connectivity index (χ0) is 62.1. The number of methoxy groups -OCH3 is 2. The number of benzene rings is 4. The van der Waals surface area contributed by atoms with E-state index >= 15 is 0 Å². The van der Waals surface area contributed by atoms with Crippen LogP contribution < -0.4 is 39.7 Å². The van der Waals surface area contributed by atoms with Gasteiger partial charge in [-0.05, 0) is 194 Å². The lowest BCUT2D eigenvalue weighted by atomic mass is 9.87. The minimum Gasteiger partial charge on any atom is -0.497 e. The second-order valence-electron chi connectivity index (χ2n) is 25.3. The van der Waals surface area contributed by atoms with Gasteiger partial charge in [0, 0.05) is 49.5 Å². The van der Waals surface area contributed by atoms with Gasteiger partial charge in [-0.25, -0.2) is 19.6 Å². The highest BCUT2D eigenvalue weighted by atomic mass is 16.6. The topological polar surface area (TPSA) is 216 Å². The quantitative estimate of drug-likeness (QED) is 0.0720. The van der Waals surface area contributed by atoms with E-state index in [0.29, 0.717) is 116 Å². The molecular weight excluding hydrogens is 1120 g/mol. The molecule has 2 saturated heterocycles. The number of fused-ring (bicyclic) bond motifs is 1. The summed E-state index contributed by atoms with van der Waals surface area (Å²) in [4.78, 5) is 66.8. The Bertz CT molecular complexity index is 3640. The van der Waals surface area contributed by atoms with Crippen LogP contribution in [-0.2, 0) is 22.7 Å². The van der Waals surface area contributed by atoms with Gasteiger partial charge in [0.2, 0.25) is 5.56 Å². The van der Waals surface area contributed by atoms with Gasteiger partial charge in [-0.15, -0.1) is 0 Å². The lowest BCUT2D eigenvalue weighted by Crippen LogP contribution is -2.42. The van der Waals surface area contributed by atoms with Gasteiger partial charge in [0.15, 0.2) is 6.29 Å². The normalized spacial score (nSPS) is 16.8. The molecule has 0 bridgehead atoms. The van der Waals surface area contributed by atoms with Crippen molar-refractivity contribution in [2.75, 3.05) is 59.3 Å². The number of aromatic amines is 1. The summed E-state index contributed by atoms with van der Waals surface area (Å²) in [5, 5.41) is 0.853. The average molecular weight is 1200 g/mol. The smallest absolute Gasteiger partial charge is 0.410 e. The Balaban J connectivity index is 0.000000195. The number of aldehydes is 1. The highest BCUT2D eigenvalue weighted by Crippen LogP contribution is 2.45. The molecule has 4 aliphatic rings. The number of anilines is 1. The first-order valence-electron chi connectivity index (χ1n) is 30.6. The van der Waals surface area contributed by atoms with Gasteiger partial charge >= 0.3 is 12.2 Å². The fourth-order valence-electron chi connectivity index (χ4n) is 11.0. The Hall–Kier alpha value is -8.80. The summed E-state index contributed by atoms with van der Waals surface area (Å²) in [6, 6.07) is 34.3. The van der Waals surface area contributed by atoms with Gasteiger partial charge in [-0.1, -0.05) is 36.4 Å². The molecule has 88 heavy (non-hydrogen) atoms. The van der Waals surface area contributed by atoms with Crippen LogP contribution in [0.2, 0.25) is 0 Å². The average Bonchev–Trinajstić information content (AvgIpc) is 2.16. The summed E-state index contributed by atoms with van der Waals surface area (Å²) in [6.45, 7) is 15.2. The number of rotatable bonds is 19. The summed E-state index contributed by atoms with van der Waals surface area (Å²) in [5.41, 5.74) is 12.2. The van der Waals surface area contributed by atoms with Crippen LogP contribution >= 0.6 is 0 Å². The van der Waals surface area contributed by atoms with Crippen molar-refractivity contribution in [2.45, 2.75) is 129 Å². The van der Waals surface area contributed by atoms with Gasteiger partial charge in [0.25, 0.3) is 0 Å². The fraction of sp³-hybridized carbons (Fsp3) is 0.429. The molecule has 5 heterocycles. The number of nitrogen functional groups attached to an aromatic ring is 1. The molecule has 3 N–H and O–H groups in total. The van der Waals surface area contributed by atoms with Gasteiger partial charge < -0.3 is 58.4 Å². The van der Waals surface area contributed by atoms with Gasteiger partial charge in [0.1, 0.15) is 70.4 Å². The van der Waals surface area contributed by atoms with Crippen molar-refractivity contribution in [1.29, 1.82) is 0 Å². The molecule has 0 spiro atoms. The summed E-state index contributed by atoms with van der Waals surface area (Å²) in [7, 11) is 3.28. The van der Waals surface area contributed by atoms with Crippen LogP contribution in [0.5, 0.6) is 34.5 Å². The van der Waals surface area contributed by atoms with E-state index in [1.807, 2.05) is 139 Å². The van der Waals surface area contributed by atoms with Crippen LogP contribution in [0.25, 0.3) is 33.5 Å². The first kappa shape index (κ1) is 62.3. The molecule has 2 aliphatic carbocycles. The lowest BCUT2D eigenvalue weighted by molar-refractivity contribution is 0.0188. The van der Waals surface area contributed by atoms with Crippen LogP contribution in [0.3, 0.4) is 0 Å². The molecule has 18 heteroatoms. The molecule has 7 aromatic rings. The number of hydrogen-bond acceptors (Lipinski definition) is 15. The molecule has 3 aromatic heterocycles. The molecule has 2 saturated carbocycles. The largest absolute Gasteiger partial charge is 0.497 e. The third-order valence-corrected chi connectivity index (χ3v) is 15.9. The number of nitrogens with zero attached hydrogens (tertiary/aromatic N) is 4. The summed E-state index contributed by atoms with van der Waals surface area (Å²) in [5.74, 6) is 5.25. The number of carbonyl (C=O) groups excluding carboxylic acids is 3. The molecule has 2 aliphatic heterocycles. The monoisotopic (exact) mass is 1200 g/mol. The number of piperidine rings is 2. The van der Waals surface area contributed by atoms with E-state index in [0.717, 1.165) is 89.5 Å². The molecule has 0 radical (unpaired) electrons. The molecular formula is C70H82N6O12. The molecule has 2 amide bonds. The second kappa shape index (κ2) is 27.5. The number of ether oxygens (including phenoxy) is 8. The summed E-state index contributed by atoms with van der Waals surface area (Å²) in [6.07, 6.45) is 8.01. The van der Waals surface area contributed by atoms with E-state index in [4.69, 9.17) is 48.6 Å². The van der Waals surface area contributed by atoms with Crippen LogP contribution in [0.15, 0.2) is 114 Å². The van der Waals surface area contributed by atoms with E-state index in [2.05, 4.69) is 16.0 Å². The maximum absolute atomic E-state index is 13.0. The maximum Gasteiger partial charge on any atom is 0.410 e. The minimum atomic E-state index is -0.599. The molecule has 2 atom stereocenters.